The van der Waals surface area contributed by atoms with Crippen molar-refractivity contribution in [3.63, 3.8) is 0 Å². The Kier molecular flexibility index (Phi) is 46.2. The lowest BCUT2D eigenvalue weighted by atomic mass is 10.0. The highest BCUT2D eigenvalue weighted by molar-refractivity contribution is 7.47. The maximum atomic E-state index is 13.5. The van der Waals surface area contributed by atoms with E-state index in [1.165, 1.54) is 141 Å². The molecular formula is C57H108N2O7P+. The van der Waals surface area contributed by atoms with Gasteiger partial charge in [-0.2, -0.15) is 0 Å². The van der Waals surface area contributed by atoms with Gasteiger partial charge >= 0.3 is 13.8 Å². The topological polar surface area (TPSA) is 111 Å². The number of phosphoric ester groups is 1. The fourth-order valence-electron chi connectivity index (χ4n) is 8.00. The summed E-state index contributed by atoms with van der Waals surface area (Å²) in [6.07, 6.45) is 56.7. The van der Waals surface area contributed by atoms with Gasteiger partial charge in [-0.25, -0.2) is 4.57 Å². The molecule has 0 spiro atoms. The fraction of sp³-hybridized carbons (Fsp3) is 0.825. The number of amides is 1. The molecule has 0 fully saturated rings. The number of hydrogen-bond donors (Lipinski definition) is 2. The van der Waals surface area contributed by atoms with Crippen LogP contribution < -0.4 is 5.32 Å². The quantitative estimate of drug-likeness (QED) is 0.0156. The number of carbonyl (C=O) groups excluding carboxylic acids is 2. The lowest BCUT2D eigenvalue weighted by Gasteiger charge is -2.27. The number of esters is 1. The minimum Gasteiger partial charge on any atom is -0.456 e. The van der Waals surface area contributed by atoms with Crippen LogP contribution in [0, 0.1) is 0 Å². The van der Waals surface area contributed by atoms with Crippen LogP contribution in [0.3, 0.4) is 0 Å². The highest BCUT2D eigenvalue weighted by Crippen LogP contribution is 2.43. The molecule has 0 rings (SSSR count). The molecule has 0 aliphatic carbocycles. The Morgan fingerprint density at radius 3 is 1.42 bits per heavy atom. The number of phosphoric acid groups is 1. The van der Waals surface area contributed by atoms with Gasteiger partial charge in [0.1, 0.15) is 19.3 Å². The maximum Gasteiger partial charge on any atom is 0.472 e. The summed E-state index contributed by atoms with van der Waals surface area (Å²) in [6, 6.07) is -0.850. The molecule has 0 saturated carbocycles. The van der Waals surface area contributed by atoms with E-state index in [4.69, 9.17) is 13.8 Å². The van der Waals surface area contributed by atoms with Crippen LogP contribution in [-0.4, -0.2) is 74.3 Å². The highest BCUT2D eigenvalue weighted by Gasteiger charge is 2.30. The van der Waals surface area contributed by atoms with Crippen LogP contribution in [0.4, 0.5) is 0 Å². The predicted octanol–water partition coefficient (Wildman–Crippen LogP) is 16.6. The summed E-state index contributed by atoms with van der Waals surface area (Å²) in [5, 5.41) is 3.04. The van der Waals surface area contributed by atoms with E-state index < -0.39 is 20.0 Å². The second-order valence-corrected chi connectivity index (χ2v) is 21.6. The molecule has 10 heteroatoms. The minimum absolute atomic E-state index is 0.0382. The Labute approximate surface area is 414 Å². The highest BCUT2D eigenvalue weighted by atomic mass is 31.2. The molecule has 0 saturated heterocycles. The molecule has 392 valence electrons. The zero-order chi connectivity index (χ0) is 49.4. The number of likely N-dealkylation sites (N-methyl/N-ethyl adjacent to an activating group) is 1. The largest absolute Gasteiger partial charge is 0.472 e. The van der Waals surface area contributed by atoms with E-state index >= 15 is 0 Å². The second kappa shape index (κ2) is 47.6. The lowest BCUT2D eigenvalue weighted by Crippen LogP contribution is -2.47. The van der Waals surface area contributed by atoms with Crippen molar-refractivity contribution in [3.05, 3.63) is 48.6 Å². The summed E-state index contributed by atoms with van der Waals surface area (Å²) in [5.41, 5.74) is 0. The summed E-state index contributed by atoms with van der Waals surface area (Å²) in [4.78, 5) is 37.5. The molecule has 0 heterocycles. The number of quaternary nitrogens is 1. The maximum absolute atomic E-state index is 13.5. The molecule has 2 N–H and O–H groups in total. The van der Waals surface area contributed by atoms with Crippen LogP contribution in [0.15, 0.2) is 48.6 Å². The molecule has 0 bridgehead atoms. The van der Waals surface area contributed by atoms with Crippen molar-refractivity contribution >= 4 is 19.7 Å². The van der Waals surface area contributed by atoms with Crippen LogP contribution in [0.2, 0.25) is 0 Å². The van der Waals surface area contributed by atoms with Gasteiger partial charge in [0.05, 0.1) is 33.8 Å². The van der Waals surface area contributed by atoms with Crippen LogP contribution >= 0.6 is 7.82 Å². The van der Waals surface area contributed by atoms with Crippen molar-refractivity contribution in [1.29, 1.82) is 0 Å². The summed E-state index contributed by atoms with van der Waals surface area (Å²) in [6.45, 7) is 6.87. The molecule has 3 atom stereocenters. The third kappa shape index (κ3) is 48.8. The lowest BCUT2D eigenvalue weighted by molar-refractivity contribution is -0.870. The number of nitrogens with one attached hydrogen (secondary N) is 1. The molecule has 67 heavy (non-hydrogen) atoms. The number of allylic oxidation sites excluding steroid dienone is 7. The Balaban J connectivity index is 5.34. The first kappa shape index (κ1) is 65.0. The average Bonchev–Trinajstić information content (AvgIpc) is 3.28. The number of unbranched alkanes of at least 4 members (excludes halogenated alkanes) is 30. The molecule has 9 nitrogen and oxygen atoms in total. The Bertz CT molecular complexity index is 1290. The van der Waals surface area contributed by atoms with Crippen molar-refractivity contribution < 1.29 is 37.3 Å². The normalized spacial score (nSPS) is 14.2. The van der Waals surface area contributed by atoms with Crippen molar-refractivity contribution in [1.82, 2.24) is 5.32 Å². The molecule has 0 aromatic carbocycles. The van der Waals surface area contributed by atoms with E-state index in [2.05, 4.69) is 62.5 Å². The van der Waals surface area contributed by atoms with Crippen LogP contribution in [0.5, 0.6) is 0 Å². The van der Waals surface area contributed by atoms with Gasteiger partial charge in [-0.05, 0) is 51.0 Å². The minimum atomic E-state index is -4.44. The van der Waals surface area contributed by atoms with Gasteiger partial charge in [0, 0.05) is 12.8 Å². The van der Waals surface area contributed by atoms with Crippen molar-refractivity contribution in [3.8, 4) is 0 Å². The van der Waals surface area contributed by atoms with Crippen LogP contribution in [0.25, 0.3) is 0 Å². The Morgan fingerprint density at radius 2 is 0.955 bits per heavy atom. The van der Waals surface area contributed by atoms with Crippen LogP contribution in [0.1, 0.15) is 252 Å². The van der Waals surface area contributed by atoms with Gasteiger partial charge in [-0.1, -0.05) is 237 Å². The molecular weight excluding hydrogens is 856 g/mol. The zero-order valence-electron chi connectivity index (χ0n) is 44.6. The van der Waals surface area contributed by atoms with Gasteiger partial charge < -0.3 is 19.4 Å². The van der Waals surface area contributed by atoms with E-state index in [1.807, 2.05) is 33.3 Å². The third-order valence-electron chi connectivity index (χ3n) is 12.3. The van der Waals surface area contributed by atoms with E-state index in [9.17, 15) is 19.0 Å². The molecule has 0 aliphatic heterocycles. The van der Waals surface area contributed by atoms with Gasteiger partial charge in [-0.3, -0.25) is 18.6 Å². The first-order valence-electron chi connectivity index (χ1n) is 28.0. The molecule has 0 aliphatic rings. The SMILES string of the molecule is CC/C=C/C=C/C=C/CCCCCCCCCC(=O)NC(COP(=O)(O)OCC[N+](C)(C)C)C(/C=C/CCCCCCCCCCC)OC(=O)CCCCCCCCCCCCCCCCC. The first-order chi connectivity index (χ1) is 32.4. The van der Waals surface area contributed by atoms with Crippen molar-refractivity contribution in [2.24, 2.45) is 0 Å². The monoisotopic (exact) mass is 964 g/mol. The fourth-order valence-corrected chi connectivity index (χ4v) is 8.73. The van der Waals surface area contributed by atoms with E-state index in [1.54, 1.807) is 0 Å². The summed E-state index contributed by atoms with van der Waals surface area (Å²) >= 11 is 0. The first-order valence-corrected chi connectivity index (χ1v) is 29.5. The molecule has 3 unspecified atom stereocenters. The standard InChI is InChI=1S/C57H107N2O7P/c1-7-10-13-16-19-22-25-27-29-31-34-37-40-43-46-49-56(60)58-54(53-65-67(62,63)64-52-51-59(4,5)6)55(48-45-42-39-36-33-24-21-18-15-12-9-3)66-57(61)50-47-44-41-38-35-32-30-28-26-23-20-17-14-11-8-2/h10,13,16,19,22,25,45,48,54-55H,7-9,11-12,14-15,17-18,20-21,23-24,26-44,46-47,49-53H2,1-6H3,(H-,58,60,62,63)/p+1/b13-10+,19-16+,25-22+,48-45+. The summed E-state index contributed by atoms with van der Waals surface area (Å²) in [5.74, 6) is -0.514. The summed E-state index contributed by atoms with van der Waals surface area (Å²) in [7, 11) is 1.49. The molecule has 0 aromatic heterocycles. The number of nitrogens with zero attached hydrogens (tertiary/aromatic N) is 1. The van der Waals surface area contributed by atoms with E-state index in [0.717, 1.165) is 77.0 Å². The van der Waals surface area contributed by atoms with Gasteiger partial charge in [0.15, 0.2) is 0 Å². The Morgan fingerprint density at radius 1 is 0.537 bits per heavy atom. The number of carbonyl (C=O) groups is 2. The predicted molar refractivity (Wildman–Crippen MR) is 286 cm³/mol. The smallest absolute Gasteiger partial charge is 0.456 e. The zero-order valence-corrected chi connectivity index (χ0v) is 45.5. The van der Waals surface area contributed by atoms with Gasteiger partial charge in [-0.15, -0.1) is 0 Å². The van der Waals surface area contributed by atoms with Gasteiger partial charge in [0.25, 0.3) is 0 Å². The number of hydrogen-bond acceptors (Lipinski definition) is 6. The average molecular weight is 964 g/mol. The van der Waals surface area contributed by atoms with Gasteiger partial charge in [0.2, 0.25) is 5.91 Å². The molecule has 0 radical (unpaired) electrons. The summed E-state index contributed by atoms with van der Waals surface area (Å²) < 4.78 is 30.6. The third-order valence-corrected chi connectivity index (χ3v) is 13.3. The molecule has 0 aromatic rings. The van der Waals surface area contributed by atoms with Crippen LogP contribution in [-0.2, 0) is 27.9 Å². The van der Waals surface area contributed by atoms with E-state index in [0.29, 0.717) is 23.9 Å². The number of ether oxygens (including phenoxy) is 1. The van der Waals surface area contributed by atoms with E-state index in [-0.39, 0.29) is 25.1 Å². The molecule has 1 amide bonds. The Hall–Kier alpha value is -2.03. The van der Waals surface area contributed by atoms with Crippen molar-refractivity contribution in [2.75, 3.05) is 40.9 Å². The number of rotatable bonds is 50. The second-order valence-electron chi connectivity index (χ2n) is 20.1. The van der Waals surface area contributed by atoms with Crippen molar-refractivity contribution in [2.45, 2.75) is 264 Å².